The Hall–Kier alpha value is -2.09. The molecule has 8 heteroatoms. The first kappa shape index (κ1) is 17.7. The van der Waals surface area contributed by atoms with Crippen LogP contribution < -0.4 is 10.1 Å². The number of carbonyl (C=O) groups is 1. The number of methoxy groups -OCH3 is 1. The van der Waals surface area contributed by atoms with Gasteiger partial charge in [-0.3, -0.25) is 10.1 Å². The molecule has 0 aliphatic rings. The topological polar surface area (TPSA) is 64.1 Å². The molecular weight excluding hydrogens is 378 g/mol. The lowest BCUT2D eigenvalue weighted by molar-refractivity contribution is 0.102. The van der Waals surface area contributed by atoms with Gasteiger partial charge in [0, 0.05) is 16.3 Å². The summed E-state index contributed by atoms with van der Waals surface area (Å²) in [5.41, 5.74) is 1.65. The number of carbonyl (C=O) groups excluding carboxylic acids is 1. The minimum Gasteiger partial charge on any atom is -0.497 e. The van der Waals surface area contributed by atoms with Gasteiger partial charge in [0.25, 0.3) is 5.91 Å². The summed E-state index contributed by atoms with van der Waals surface area (Å²) in [6.07, 6.45) is 0. The van der Waals surface area contributed by atoms with Crippen molar-refractivity contribution >= 4 is 45.7 Å². The fraction of sp³-hybridized carbons (Fsp3) is 0.118. The summed E-state index contributed by atoms with van der Waals surface area (Å²) < 4.78 is 5.91. The number of ether oxygens (including phenoxy) is 1. The van der Waals surface area contributed by atoms with Crippen LogP contribution in [0.25, 0.3) is 0 Å². The van der Waals surface area contributed by atoms with Gasteiger partial charge >= 0.3 is 0 Å². The number of halogens is 1. The smallest absolute Gasteiger partial charge is 0.257 e. The van der Waals surface area contributed by atoms with E-state index in [1.807, 2.05) is 24.3 Å². The van der Waals surface area contributed by atoms with E-state index in [2.05, 4.69) is 15.5 Å². The average molecular weight is 392 g/mol. The van der Waals surface area contributed by atoms with Crippen molar-refractivity contribution in [1.82, 2.24) is 10.2 Å². The van der Waals surface area contributed by atoms with Gasteiger partial charge in [-0.1, -0.05) is 52.9 Å². The molecule has 0 radical (unpaired) electrons. The Balaban J connectivity index is 1.59. The van der Waals surface area contributed by atoms with Gasteiger partial charge in [0.05, 0.1) is 7.11 Å². The predicted octanol–water partition coefficient (Wildman–Crippen LogP) is 4.74. The fourth-order valence-corrected chi connectivity index (χ4v) is 3.81. The van der Waals surface area contributed by atoms with Crippen molar-refractivity contribution in [2.45, 2.75) is 10.1 Å². The van der Waals surface area contributed by atoms with E-state index < -0.39 is 0 Å². The normalized spacial score (nSPS) is 10.5. The van der Waals surface area contributed by atoms with E-state index in [9.17, 15) is 4.79 Å². The van der Waals surface area contributed by atoms with Crippen LogP contribution in [0.4, 0.5) is 5.13 Å². The Morgan fingerprint density at radius 1 is 1.24 bits per heavy atom. The lowest BCUT2D eigenvalue weighted by Crippen LogP contribution is -2.11. The monoisotopic (exact) mass is 391 g/mol. The van der Waals surface area contributed by atoms with Crippen molar-refractivity contribution < 1.29 is 9.53 Å². The van der Waals surface area contributed by atoms with E-state index >= 15 is 0 Å². The van der Waals surface area contributed by atoms with Crippen molar-refractivity contribution in [2.75, 3.05) is 12.4 Å². The zero-order chi connectivity index (χ0) is 17.6. The molecule has 3 aromatic rings. The van der Waals surface area contributed by atoms with Gasteiger partial charge < -0.3 is 4.74 Å². The lowest BCUT2D eigenvalue weighted by atomic mass is 10.2. The van der Waals surface area contributed by atoms with Crippen LogP contribution in [-0.2, 0) is 5.75 Å². The van der Waals surface area contributed by atoms with Crippen LogP contribution >= 0.6 is 34.7 Å². The third-order valence-electron chi connectivity index (χ3n) is 3.23. The number of rotatable bonds is 6. The predicted molar refractivity (Wildman–Crippen MR) is 102 cm³/mol. The number of nitrogens with one attached hydrogen (secondary N) is 1. The van der Waals surface area contributed by atoms with E-state index in [0.717, 1.165) is 15.7 Å². The Bertz CT molecular complexity index is 868. The molecule has 2 aromatic carbocycles. The van der Waals surface area contributed by atoms with Crippen LogP contribution in [0.3, 0.4) is 0 Å². The first-order chi connectivity index (χ1) is 12.1. The Kier molecular flexibility index (Phi) is 5.91. The molecule has 1 aromatic heterocycles. The number of hydrogen-bond acceptors (Lipinski definition) is 6. The second-order valence-corrected chi connectivity index (χ2v) is 7.61. The van der Waals surface area contributed by atoms with Crippen LogP contribution in [-0.4, -0.2) is 23.2 Å². The van der Waals surface area contributed by atoms with E-state index in [1.54, 1.807) is 43.1 Å². The summed E-state index contributed by atoms with van der Waals surface area (Å²) in [5.74, 6) is 1.14. The number of nitrogens with zero attached hydrogens (tertiary/aromatic N) is 2. The molecule has 0 saturated carbocycles. The van der Waals surface area contributed by atoms with Crippen LogP contribution in [0.2, 0.25) is 5.02 Å². The minimum absolute atomic E-state index is 0.246. The molecule has 128 valence electrons. The van der Waals surface area contributed by atoms with Crippen molar-refractivity contribution in [1.29, 1.82) is 0 Å². The third-order valence-corrected chi connectivity index (χ3v) is 5.53. The quantitative estimate of drug-likeness (QED) is 0.485. The summed E-state index contributed by atoms with van der Waals surface area (Å²) in [6, 6.07) is 14.6. The van der Waals surface area contributed by atoms with Crippen molar-refractivity contribution in [3.05, 3.63) is 64.7 Å². The van der Waals surface area contributed by atoms with E-state index in [0.29, 0.717) is 21.5 Å². The van der Waals surface area contributed by atoms with E-state index in [1.165, 1.54) is 11.3 Å². The number of benzene rings is 2. The summed E-state index contributed by atoms with van der Waals surface area (Å²) in [4.78, 5) is 12.3. The number of thioether (sulfide) groups is 1. The number of hydrogen-bond donors (Lipinski definition) is 1. The van der Waals surface area contributed by atoms with E-state index in [4.69, 9.17) is 16.3 Å². The summed E-state index contributed by atoms with van der Waals surface area (Å²) >= 11 is 8.77. The largest absolute Gasteiger partial charge is 0.497 e. The highest BCUT2D eigenvalue weighted by Crippen LogP contribution is 2.29. The Labute approximate surface area is 158 Å². The molecule has 5 nitrogen and oxygen atoms in total. The zero-order valence-corrected chi connectivity index (χ0v) is 15.6. The number of amides is 1. The lowest BCUT2D eigenvalue weighted by Gasteiger charge is -2.03. The maximum atomic E-state index is 12.3. The maximum Gasteiger partial charge on any atom is 0.257 e. The molecule has 0 spiro atoms. The van der Waals surface area contributed by atoms with Crippen molar-refractivity contribution in [3.63, 3.8) is 0 Å². The van der Waals surface area contributed by atoms with Gasteiger partial charge in [0.1, 0.15) is 5.75 Å². The van der Waals surface area contributed by atoms with Gasteiger partial charge in [-0.25, -0.2) is 0 Å². The number of aromatic nitrogens is 2. The number of anilines is 1. The van der Waals surface area contributed by atoms with Crippen molar-refractivity contribution in [3.8, 4) is 5.75 Å². The van der Waals surface area contributed by atoms with E-state index in [-0.39, 0.29) is 5.91 Å². The van der Waals surface area contributed by atoms with Gasteiger partial charge in [-0.2, -0.15) is 0 Å². The molecular formula is C17H14ClN3O2S2. The highest BCUT2D eigenvalue weighted by Gasteiger charge is 2.11. The molecule has 1 heterocycles. The third kappa shape index (κ3) is 4.94. The Morgan fingerprint density at radius 3 is 2.80 bits per heavy atom. The molecule has 0 saturated heterocycles. The standard InChI is InChI=1S/C17H14ClN3O2S2/c1-23-14-4-2-3-12(9-14)15(22)19-16-20-21-17(25-16)24-10-11-5-7-13(18)8-6-11/h2-9H,10H2,1H3,(H,19,20,22). The molecule has 0 fully saturated rings. The first-order valence-electron chi connectivity index (χ1n) is 7.30. The first-order valence-corrected chi connectivity index (χ1v) is 9.48. The highest BCUT2D eigenvalue weighted by atomic mass is 35.5. The molecule has 0 atom stereocenters. The van der Waals surface area contributed by atoms with Crippen LogP contribution in [0, 0.1) is 0 Å². The molecule has 25 heavy (non-hydrogen) atoms. The summed E-state index contributed by atoms with van der Waals surface area (Å²) in [6.45, 7) is 0. The average Bonchev–Trinajstić information content (AvgIpc) is 3.08. The molecule has 1 N–H and O–H groups in total. The minimum atomic E-state index is -0.246. The van der Waals surface area contributed by atoms with Crippen molar-refractivity contribution in [2.24, 2.45) is 0 Å². The zero-order valence-electron chi connectivity index (χ0n) is 13.2. The van der Waals surface area contributed by atoms with Gasteiger partial charge in [0.2, 0.25) is 5.13 Å². The molecule has 0 aliphatic heterocycles. The van der Waals surface area contributed by atoms with Gasteiger partial charge in [-0.05, 0) is 35.9 Å². The molecule has 0 unspecified atom stereocenters. The SMILES string of the molecule is COc1cccc(C(=O)Nc2nnc(SCc3ccc(Cl)cc3)s2)c1. The van der Waals surface area contributed by atoms with Gasteiger partial charge in [-0.15, -0.1) is 10.2 Å². The van der Waals surface area contributed by atoms with Crippen LogP contribution in [0.5, 0.6) is 5.75 Å². The molecule has 3 rings (SSSR count). The van der Waals surface area contributed by atoms with Crippen LogP contribution in [0.1, 0.15) is 15.9 Å². The highest BCUT2D eigenvalue weighted by molar-refractivity contribution is 8.00. The second-order valence-electron chi connectivity index (χ2n) is 4.97. The maximum absolute atomic E-state index is 12.3. The molecule has 1 amide bonds. The summed E-state index contributed by atoms with van der Waals surface area (Å²) in [5, 5.41) is 12.0. The van der Waals surface area contributed by atoms with Gasteiger partial charge in [0.15, 0.2) is 4.34 Å². The molecule has 0 bridgehead atoms. The summed E-state index contributed by atoms with van der Waals surface area (Å²) in [7, 11) is 1.56. The fourth-order valence-electron chi connectivity index (χ4n) is 1.98. The van der Waals surface area contributed by atoms with Crippen LogP contribution in [0.15, 0.2) is 52.9 Å². The molecule has 0 aliphatic carbocycles. The Morgan fingerprint density at radius 2 is 2.04 bits per heavy atom. The second kappa shape index (κ2) is 8.33.